The van der Waals surface area contributed by atoms with Gasteiger partial charge in [-0.25, -0.2) is 0 Å². The van der Waals surface area contributed by atoms with Gasteiger partial charge in [0.1, 0.15) is 0 Å². The molecule has 1 rings (SSSR count). The second kappa shape index (κ2) is 4.56. The molecule has 2 N–H and O–H groups in total. The molecule has 0 amide bonds. The zero-order valence-electron chi connectivity index (χ0n) is 7.64. The molecule has 72 valence electrons. The average molecular weight is 199 g/mol. The lowest BCUT2D eigenvalue weighted by atomic mass is 10.4. The molecule has 0 aliphatic heterocycles. The summed E-state index contributed by atoms with van der Waals surface area (Å²) in [7, 11) is -2.64. The zero-order valence-corrected chi connectivity index (χ0v) is 8.54. The summed E-state index contributed by atoms with van der Waals surface area (Å²) >= 11 is 0. The van der Waals surface area contributed by atoms with Crippen LogP contribution < -0.4 is 11.0 Å². The lowest BCUT2D eigenvalue weighted by Gasteiger charge is -2.12. The van der Waals surface area contributed by atoms with Gasteiger partial charge in [-0.15, -0.1) is 0 Å². The van der Waals surface area contributed by atoms with Crippen molar-refractivity contribution in [1.29, 1.82) is 0 Å². The Morgan fingerprint density at radius 1 is 1.38 bits per heavy atom. The minimum atomic E-state index is -2.64. The van der Waals surface area contributed by atoms with Gasteiger partial charge in [0, 0.05) is 18.5 Å². The van der Waals surface area contributed by atoms with Crippen LogP contribution in [-0.4, -0.2) is 19.8 Å². The Bertz CT molecular complexity index is 300. The maximum atomic E-state index is 11.9. The van der Waals surface area contributed by atoms with Gasteiger partial charge in [-0.3, -0.25) is 4.57 Å². The van der Waals surface area contributed by atoms with Crippen molar-refractivity contribution in [3.8, 4) is 0 Å². The first-order valence-corrected chi connectivity index (χ1v) is 6.22. The van der Waals surface area contributed by atoms with Crippen molar-refractivity contribution in [2.75, 3.05) is 19.8 Å². The highest BCUT2D eigenvalue weighted by atomic mass is 31.2. The summed E-state index contributed by atoms with van der Waals surface area (Å²) in [5.74, 6) is 0. The SMILES string of the molecule is CP(=O)(OCCN)c1ccccc1. The molecule has 1 aromatic rings. The molecule has 0 aliphatic rings. The molecule has 0 heterocycles. The monoisotopic (exact) mass is 199 g/mol. The molecule has 0 radical (unpaired) electrons. The number of hydrogen-bond acceptors (Lipinski definition) is 3. The lowest BCUT2D eigenvalue weighted by Crippen LogP contribution is -2.12. The minimum absolute atomic E-state index is 0.336. The molecule has 0 saturated heterocycles. The van der Waals surface area contributed by atoms with Gasteiger partial charge in [0.05, 0.1) is 6.61 Å². The molecular formula is C9H14NO2P. The largest absolute Gasteiger partial charge is 0.328 e. The maximum Gasteiger partial charge on any atom is 0.229 e. The second-order valence-corrected chi connectivity index (χ2v) is 5.27. The van der Waals surface area contributed by atoms with E-state index >= 15 is 0 Å². The Labute approximate surface area is 78.4 Å². The van der Waals surface area contributed by atoms with Crippen LogP contribution in [-0.2, 0) is 9.09 Å². The highest BCUT2D eigenvalue weighted by Gasteiger charge is 2.17. The van der Waals surface area contributed by atoms with E-state index < -0.39 is 7.37 Å². The van der Waals surface area contributed by atoms with Gasteiger partial charge in [0.25, 0.3) is 0 Å². The molecule has 1 aromatic carbocycles. The molecule has 1 atom stereocenters. The van der Waals surface area contributed by atoms with Crippen LogP contribution in [0.1, 0.15) is 0 Å². The van der Waals surface area contributed by atoms with Crippen LogP contribution in [0.3, 0.4) is 0 Å². The van der Waals surface area contributed by atoms with Crippen molar-refractivity contribution >= 4 is 12.7 Å². The summed E-state index contributed by atoms with van der Waals surface area (Å²) in [5, 5.41) is 0.739. The fourth-order valence-electron chi connectivity index (χ4n) is 1.00. The maximum absolute atomic E-state index is 11.9. The summed E-state index contributed by atoms with van der Waals surface area (Å²) in [5.41, 5.74) is 5.27. The third kappa shape index (κ3) is 2.96. The molecular weight excluding hydrogens is 185 g/mol. The Kier molecular flexibility index (Phi) is 3.67. The smallest absolute Gasteiger partial charge is 0.229 e. The van der Waals surface area contributed by atoms with Gasteiger partial charge in [-0.2, -0.15) is 0 Å². The molecule has 1 unspecified atom stereocenters. The van der Waals surface area contributed by atoms with E-state index in [0.717, 1.165) is 5.30 Å². The van der Waals surface area contributed by atoms with E-state index in [2.05, 4.69) is 0 Å². The molecule has 4 heteroatoms. The molecule has 0 fully saturated rings. The van der Waals surface area contributed by atoms with Gasteiger partial charge in [0.15, 0.2) is 0 Å². The Hall–Kier alpha value is -0.630. The third-order valence-corrected chi connectivity index (χ3v) is 3.59. The summed E-state index contributed by atoms with van der Waals surface area (Å²) in [6, 6.07) is 9.18. The highest BCUT2D eigenvalue weighted by Crippen LogP contribution is 2.40. The van der Waals surface area contributed by atoms with Crippen molar-refractivity contribution in [2.24, 2.45) is 5.73 Å². The fraction of sp³-hybridized carbons (Fsp3) is 0.333. The number of hydrogen-bond donors (Lipinski definition) is 1. The average Bonchev–Trinajstić information content (AvgIpc) is 2.16. The predicted octanol–water partition coefficient (Wildman–Crippen LogP) is 1.20. The Morgan fingerprint density at radius 2 is 2.00 bits per heavy atom. The summed E-state index contributed by atoms with van der Waals surface area (Å²) in [4.78, 5) is 0. The molecule has 13 heavy (non-hydrogen) atoms. The third-order valence-electron chi connectivity index (χ3n) is 1.68. The van der Waals surface area contributed by atoms with Crippen molar-refractivity contribution in [3.05, 3.63) is 30.3 Å². The molecule has 0 aliphatic carbocycles. The Morgan fingerprint density at radius 3 is 2.54 bits per heavy atom. The first-order valence-electron chi connectivity index (χ1n) is 4.14. The van der Waals surface area contributed by atoms with Crippen molar-refractivity contribution in [2.45, 2.75) is 0 Å². The van der Waals surface area contributed by atoms with Crippen molar-refractivity contribution < 1.29 is 9.09 Å². The highest BCUT2D eigenvalue weighted by molar-refractivity contribution is 7.66. The second-order valence-electron chi connectivity index (χ2n) is 2.80. The first-order chi connectivity index (χ1) is 6.17. The topological polar surface area (TPSA) is 52.3 Å². The number of benzene rings is 1. The van der Waals surface area contributed by atoms with Gasteiger partial charge in [0.2, 0.25) is 7.37 Å². The molecule has 0 spiro atoms. The van der Waals surface area contributed by atoms with Crippen LogP contribution in [0.25, 0.3) is 0 Å². The van der Waals surface area contributed by atoms with Gasteiger partial charge in [-0.05, 0) is 12.1 Å². The van der Waals surface area contributed by atoms with E-state index in [1.165, 1.54) is 0 Å². The van der Waals surface area contributed by atoms with Crippen LogP contribution >= 0.6 is 7.37 Å². The first kappa shape index (κ1) is 10.5. The standard InChI is InChI=1S/C9H14NO2P/c1-13(11,12-8-7-10)9-5-3-2-4-6-9/h2-6H,7-8,10H2,1H3. The minimum Gasteiger partial charge on any atom is -0.328 e. The number of rotatable bonds is 4. The van der Waals surface area contributed by atoms with Crippen LogP contribution in [0.2, 0.25) is 0 Å². The van der Waals surface area contributed by atoms with Crippen LogP contribution in [0, 0.1) is 0 Å². The summed E-state index contributed by atoms with van der Waals surface area (Å²) in [6.45, 7) is 2.34. The normalized spacial score (nSPS) is 15.2. The summed E-state index contributed by atoms with van der Waals surface area (Å²) in [6.07, 6.45) is 0. The van der Waals surface area contributed by atoms with Crippen LogP contribution in [0.5, 0.6) is 0 Å². The molecule has 0 aromatic heterocycles. The predicted molar refractivity (Wildman–Crippen MR) is 54.6 cm³/mol. The fourth-order valence-corrected chi connectivity index (χ4v) is 2.32. The Balaban J connectivity index is 2.76. The van der Waals surface area contributed by atoms with Gasteiger partial charge >= 0.3 is 0 Å². The van der Waals surface area contributed by atoms with Crippen LogP contribution in [0.4, 0.5) is 0 Å². The van der Waals surface area contributed by atoms with Gasteiger partial charge < -0.3 is 10.3 Å². The van der Waals surface area contributed by atoms with E-state index in [4.69, 9.17) is 10.3 Å². The number of nitrogens with two attached hydrogens (primary N) is 1. The van der Waals surface area contributed by atoms with E-state index in [9.17, 15) is 4.57 Å². The van der Waals surface area contributed by atoms with Gasteiger partial charge in [-0.1, -0.05) is 18.2 Å². The van der Waals surface area contributed by atoms with Crippen LogP contribution in [0.15, 0.2) is 30.3 Å². The lowest BCUT2D eigenvalue weighted by molar-refractivity contribution is 0.333. The quantitative estimate of drug-likeness (QED) is 0.741. The summed E-state index contributed by atoms with van der Waals surface area (Å²) < 4.78 is 17.1. The van der Waals surface area contributed by atoms with E-state index in [-0.39, 0.29) is 0 Å². The molecule has 0 bridgehead atoms. The zero-order chi connectivity index (χ0) is 9.73. The van der Waals surface area contributed by atoms with E-state index in [1.54, 1.807) is 18.8 Å². The van der Waals surface area contributed by atoms with Crippen molar-refractivity contribution in [3.63, 3.8) is 0 Å². The van der Waals surface area contributed by atoms with E-state index in [0.29, 0.717) is 13.2 Å². The van der Waals surface area contributed by atoms with E-state index in [1.807, 2.05) is 18.2 Å². The van der Waals surface area contributed by atoms with Crippen molar-refractivity contribution in [1.82, 2.24) is 0 Å². The molecule has 0 saturated carbocycles. The molecule has 3 nitrogen and oxygen atoms in total.